The van der Waals surface area contributed by atoms with Crippen molar-refractivity contribution < 1.29 is 18.3 Å². The number of carbonyl (C=O) groups is 1. The number of rotatable bonds is 6. The second-order valence-corrected chi connectivity index (χ2v) is 7.74. The summed E-state index contributed by atoms with van der Waals surface area (Å²) in [6.07, 6.45) is 0.136. The number of carboxylic acid groups (broad SMARTS) is 1. The molecule has 21 heavy (non-hydrogen) atoms. The molecule has 0 bridgehead atoms. The van der Waals surface area contributed by atoms with Gasteiger partial charge in [-0.15, -0.1) is 0 Å². The van der Waals surface area contributed by atoms with Gasteiger partial charge >= 0.3 is 5.97 Å². The van der Waals surface area contributed by atoms with Crippen LogP contribution in [0, 0.1) is 5.92 Å². The normalized spacial score (nSPS) is 13.4. The Balaban J connectivity index is 3.20. The number of nitrogens with one attached hydrogen (secondary N) is 1. The first-order valence-electron chi connectivity index (χ1n) is 5.94. The van der Waals surface area contributed by atoms with Crippen LogP contribution < -0.4 is 4.72 Å². The quantitative estimate of drug-likeness (QED) is 0.799. The maximum Gasteiger partial charge on any atom is 0.321 e. The Labute approximate surface area is 138 Å². The van der Waals surface area contributed by atoms with Gasteiger partial charge in [0.15, 0.2) is 0 Å². The summed E-state index contributed by atoms with van der Waals surface area (Å²) >= 11 is 17.4. The van der Waals surface area contributed by atoms with Crippen LogP contribution >= 0.6 is 34.8 Å². The number of hydrogen-bond acceptors (Lipinski definition) is 3. The first-order chi connectivity index (χ1) is 9.54. The summed E-state index contributed by atoms with van der Waals surface area (Å²) in [5.74, 6) is -1.28. The maximum absolute atomic E-state index is 12.3. The molecule has 1 aromatic rings. The molecule has 0 heterocycles. The SMILES string of the molecule is CC(C)CC(NS(=O)(=O)c1c(Cl)cc(Cl)cc1Cl)C(=O)O. The molecule has 0 saturated heterocycles. The van der Waals surface area contributed by atoms with Crippen LogP contribution in [0.2, 0.25) is 15.1 Å². The molecule has 1 aromatic carbocycles. The standard InChI is InChI=1S/C12H14Cl3NO4S/c1-6(2)3-10(12(17)18)16-21(19,20)11-8(14)4-7(13)5-9(11)15/h4-6,10,16H,3H2,1-2H3,(H,17,18). The van der Waals surface area contributed by atoms with Crippen LogP contribution in [0.25, 0.3) is 0 Å². The van der Waals surface area contributed by atoms with E-state index in [2.05, 4.69) is 4.72 Å². The van der Waals surface area contributed by atoms with Crippen molar-refractivity contribution in [3.63, 3.8) is 0 Å². The van der Waals surface area contributed by atoms with Crippen LogP contribution in [-0.2, 0) is 14.8 Å². The Morgan fingerprint density at radius 3 is 2.10 bits per heavy atom. The minimum atomic E-state index is -4.18. The van der Waals surface area contributed by atoms with E-state index in [1.54, 1.807) is 13.8 Å². The molecule has 1 rings (SSSR count). The summed E-state index contributed by atoms with van der Waals surface area (Å²) in [4.78, 5) is 10.8. The zero-order chi connectivity index (χ0) is 16.4. The van der Waals surface area contributed by atoms with Gasteiger partial charge < -0.3 is 5.11 Å². The molecule has 1 atom stereocenters. The predicted molar refractivity (Wildman–Crippen MR) is 82.7 cm³/mol. The van der Waals surface area contributed by atoms with Gasteiger partial charge in [0.1, 0.15) is 10.9 Å². The highest BCUT2D eigenvalue weighted by molar-refractivity contribution is 7.89. The fourth-order valence-corrected chi connectivity index (χ4v) is 4.45. The minimum absolute atomic E-state index is 0.00929. The van der Waals surface area contributed by atoms with E-state index in [4.69, 9.17) is 39.9 Å². The molecule has 0 amide bonds. The van der Waals surface area contributed by atoms with Gasteiger partial charge in [-0.1, -0.05) is 48.7 Å². The lowest BCUT2D eigenvalue weighted by Crippen LogP contribution is -2.41. The second kappa shape index (κ2) is 7.15. The average Bonchev–Trinajstić information content (AvgIpc) is 2.24. The topological polar surface area (TPSA) is 83.5 Å². The molecule has 0 aromatic heterocycles. The Kier molecular flexibility index (Phi) is 6.31. The van der Waals surface area contributed by atoms with Crippen LogP contribution in [0.15, 0.2) is 17.0 Å². The molecule has 0 radical (unpaired) electrons. The third-order valence-electron chi connectivity index (χ3n) is 2.53. The molecule has 0 spiro atoms. The molecule has 1 unspecified atom stereocenters. The van der Waals surface area contributed by atoms with E-state index < -0.39 is 22.0 Å². The van der Waals surface area contributed by atoms with Gasteiger partial charge in [0, 0.05) is 5.02 Å². The van der Waals surface area contributed by atoms with E-state index in [0.29, 0.717) is 0 Å². The number of benzene rings is 1. The van der Waals surface area contributed by atoms with E-state index >= 15 is 0 Å². The third-order valence-corrected chi connectivity index (χ3v) is 5.15. The monoisotopic (exact) mass is 373 g/mol. The number of carboxylic acids is 1. The minimum Gasteiger partial charge on any atom is -0.480 e. The fourth-order valence-electron chi connectivity index (χ4n) is 1.70. The Morgan fingerprint density at radius 1 is 1.24 bits per heavy atom. The number of sulfonamides is 1. The Morgan fingerprint density at radius 2 is 1.71 bits per heavy atom. The highest BCUT2D eigenvalue weighted by atomic mass is 35.5. The summed E-state index contributed by atoms with van der Waals surface area (Å²) in [7, 11) is -4.18. The molecule has 5 nitrogen and oxygen atoms in total. The molecule has 0 aliphatic carbocycles. The molecule has 118 valence electrons. The van der Waals surface area contributed by atoms with Crippen molar-refractivity contribution in [2.75, 3.05) is 0 Å². The zero-order valence-corrected chi connectivity index (χ0v) is 14.3. The lowest BCUT2D eigenvalue weighted by Gasteiger charge is -2.17. The van der Waals surface area contributed by atoms with Crippen molar-refractivity contribution in [2.45, 2.75) is 31.2 Å². The molecule has 0 aliphatic rings. The highest BCUT2D eigenvalue weighted by Crippen LogP contribution is 2.32. The molecular formula is C12H14Cl3NO4S. The van der Waals surface area contributed by atoms with Crippen molar-refractivity contribution in [3.8, 4) is 0 Å². The number of aliphatic carboxylic acids is 1. The van der Waals surface area contributed by atoms with E-state index in [9.17, 15) is 13.2 Å². The summed E-state index contributed by atoms with van der Waals surface area (Å²) in [6, 6.07) is 1.18. The van der Waals surface area contributed by atoms with Crippen molar-refractivity contribution >= 4 is 50.8 Å². The van der Waals surface area contributed by atoms with Crippen LogP contribution in [-0.4, -0.2) is 25.5 Å². The summed E-state index contributed by atoms with van der Waals surface area (Å²) < 4.78 is 26.7. The molecule has 2 N–H and O–H groups in total. The zero-order valence-electron chi connectivity index (χ0n) is 11.2. The van der Waals surface area contributed by atoms with Crippen LogP contribution in [0.5, 0.6) is 0 Å². The van der Waals surface area contributed by atoms with Crippen molar-refractivity contribution in [1.82, 2.24) is 4.72 Å². The predicted octanol–water partition coefficient (Wildman–Crippen LogP) is 3.42. The molecule has 0 fully saturated rings. The fraction of sp³-hybridized carbons (Fsp3) is 0.417. The number of halogens is 3. The summed E-state index contributed by atoms with van der Waals surface area (Å²) in [6.45, 7) is 3.57. The average molecular weight is 375 g/mol. The van der Waals surface area contributed by atoms with Crippen LogP contribution in [0.1, 0.15) is 20.3 Å². The third kappa shape index (κ3) is 5.00. The molecule has 0 aliphatic heterocycles. The first kappa shape index (κ1) is 18.5. The lowest BCUT2D eigenvalue weighted by atomic mass is 10.1. The van der Waals surface area contributed by atoms with Gasteiger partial charge in [-0.2, -0.15) is 4.72 Å². The van der Waals surface area contributed by atoms with Gasteiger partial charge in [0.05, 0.1) is 10.0 Å². The van der Waals surface area contributed by atoms with Crippen molar-refractivity contribution in [2.24, 2.45) is 5.92 Å². The molecule has 0 saturated carbocycles. The van der Waals surface area contributed by atoms with Crippen LogP contribution in [0.4, 0.5) is 0 Å². The van der Waals surface area contributed by atoms with Gasteiger partial charge in [-0.25, -0.2) is 8.42 Å². The largest absolute Gasteiger partial charge is 0.480 e. The van der Waals surface area contributed by atoms with E-state index in [0.717, 1.165) is 0 Å². The number of hydrogen-bond donors (Lipinski definition) is 2. The van der Waals surface area contributed by atoms with Gasteiger partial charge in [-0.05, 0) is 24.5 Å². The van der Waals surface area contributed by atoms with Crippen molar-refractivity contribution in [1.29, 1.82) is 0 Å². The smallest absolute Gasteiger partial charge is 0.321 e. The Hall–Kier alpha value is -0.530. The second-order valence-electron chi connectivity index (χ2n) is 4.84. The Bertz CT molecular complexity index is 623. The maximum atomic E-state index is 12.3. The van der Waals surface area contributed by atoms with E-state index in [1.807, 2.05) is 0 Å². The van der Waals surface area contributed by atoms with Gasteiger partial charge in [-0.3, -0.25) is 4.79 Å². The summed E-state index contributed by atoms with van der Waals surface area (Å²) in [5.41, 5.74) is 0. The van der Waals surface area contributed by atoms with Crippen LogP contribution in [0.3, 0.4) is 0 Å². The molecule has 9 heteroatoms. The highest BCUT2D eigenvalue weighted by Gasteiger charge is 2.29. The first-order valence-corrected chi connectivity index (χ1v) is 8.56. The summed E-state index contributed by atoms with van der Waals surface area (Å²) in [5, 5.41) is 8.94. The molecular weight excluding hydrogens is 361 g/mol. The van der Waals surface area contributed by atoms with Gasteiger partial charge in [0.25, 0.3) is 0 Å². The van der Waals surface area contributed by atoms with E-state index in [-0.39, 0.29) is 32.3 Å². The lowest BCUT2D eigenvalue weighted by molar-refractivity contribution is -0.139. The van der Waals surface area contributed by atoms with Gasteiger partial charge in [0.2, 0.25) is 10.0 Å². The van der Waals surface area contributed by atoms with E-state index in [1.165, 1.54) is 12.1 Å². The van der Waals surface area contributed by atoms with Crippen molar-refractivity contribution in [3.05, 3.63) is 27.2 Å².